The Hall–Kier alpha value is -3.77. The van der Waals surface area contributed by atoms with Crippen LogP contribution in [0.3, 0.4) is 0 Å². The molecule has 0 saturated carbocycles. The van der Waals surface area contributed by atoms with Crippen LogP contribution in [0.25, 0.3) is 0 Å². The third kappa shape index (κ3) is 11.2. The van der Waals surface area contributed by atoms with Gasteiger partial charge in [0.05, 0.1) is 0 Å². The van der Waals surface area contributed by atoms with Crippen molar-refractivity contribution in [3.05, 3.63) is 115 Å². The number of alkyl halides is 6. The molecule has 0 atom stereocenters. The maximum absolute atomic E-state index is 18.4. The number of hydrogen-bond donors (Lipinski definition) is 0. The van der Waals surface area contributed by atoms with Crippen molar-refractivity contribution < 1.29 is 26.3 Å². The maximum atomic E-state index is 18.4. The lowest BCUT2D eigenvalue weighted by atomic mass is 9.89. The molecular formula is C64H92F6N2Si2. The largest absolute Gasteiger partial charge is 0.425 e. The number of rotatable bonds is 16. The van der Waals surface area contributed by atoms with E-state index in [2.05, 4.69) is 52.0 Å². The van der Waals surface area contributed by atoms with Gasteiger partial charge >= 0.3 is 20.7 Å². The zero-order valence-corrected chi connectivity index (χ0v) is 51.7. The molecule has 0 amide bonds. The standard InChI is InChI=1S/C64H92F6N2Si2/c1-33(2)45-25-49(37(9)10)57(50(26-45)38(11)12)73(58-51(39(13)14)27-46(34(3)4)28-52(58)40(15)16)61(63(65,66)67)71-74(72-62(73)64(68,69)70,59-53(41(17)18)29-47(35(5)6)30-54(59)42(19)20)60-55(43(21)22)31-48(36(7)8)32-56(60)44(23)24/h25-44H,1-24H3. The molecule has 408 valence electrons. The van der Waals surface area contributed by atoms with E-state index in [1.165, 1.54) is 0 Å². The highest BCUT2D eigenvalue weighted by Crippen LogP contribution is 2.45. The summed E-state index contributed by atoms with van der Waals surface area (Å²) in [6, 6.07) is 15.9. The summed E-state index contributed by atoms with van der Waals surface area (Å²) >= 11 is 0. The second-order valence-electron chi connectivity index (χ2n) is 25.5. The van der Waals surface area contributed by atoms with Gasteiger partial charge in [0.25, 0.3) is 0 Å². The first-order chi connectivity index (χ1) is 33.9. The summed E-state index contributed by atoms with van der Waals surface area (Å²) in [6.07, 6.45) is -10.7. The van der Waals surface area contributed by atoms with E-state index in [1.807, 2.05) is 163 Å². The highest BCUT2D eigenvalue weighted by molar-refractivity contribution is 7.42. The Labute approximate surface area is 446 Å². The minimum absolute atomic E-state index is 0.0322. The molecule has 0 aromatic heterocycles. The monoisotopic (exact) mass is 1060 g/mol. The number of hydrogen-bond acceptors (Lipinski definition) is 2. The maximum Gasteiger partial charge on any atom is 0.425 e. The average molecular weight is 1060 g/mol. The summed E-state index contributed by atoms with van der Waals surface area (Å²) in [4.78, 5) is 0. The first kappa shape index (κ1) is 61.1. The third-order valence-electron chi connectivity index (χ3n) is 15.8. The fraction of sp³-hybridized carbons (Fsp3) is 0.594. The van der Waals surface area contributed by atoms with Gasteiger partial charge in [-0.15, -0.1) is 0 Å². The normalized spacial score (nSPS) is 15.6. The lowest BCUT2D eigenvalue weighted by Gasteiger charge is -2.48. The number of halogens is 6. The molecule has 5 rings (SSSR count). The molecule has 0 spiro atoms. The first-order valence-electron chi connectivity index (χ1n) is 28.0. The summed E-state index contributed by atoms with van der Waals surface area (Å²) in [5.74, 6) is -3.03. The van der Waals surface area contributed by atoms with Gasteiger partial charge < -0.3 is 0 Å². The Bertz CT molecular complexity index is 2440. The zero-order chi connectivity index (χ0) is 56.4. The summed E-state index contributed by atoms with van der Waals surface area (Å²) in [5.41, 5.74) is 8.61. The van der Waals surface area contributed by atoms with E-state index in [4.69, 9.17) is 9.32 Å². The summed E-state index contributed by atoms with van der Waals surface area (Å²) in [5, 5.41) is -1.34. The zero-order valence-electron chi connectivity index (χ0n) is 49.7. The summed E-state index contributed by atoms with van der Waals surface area (Å²) in [6.45, 7) is 47.9. The van der Waals surface area contributed by atoms with Crippen molar-refractivity contribution in [1.82, 2.24) is 0 Å². The molecule has 2 nitrogen and oxygen atoms in total. The van der Waals surface area contributed by atoms with Crippen molar-refractivity contribution in [3.8, 4) is 0 Å². The summed E-state index contributed by atoms with van der Waals surface area (Å²) in [7, 11) is -11.0. The molecule has 0 fully saturated rings. The molecule has 0 saturated heterocycles. The summed E-state index contributed by atoms with van der Waals surface area (Å²) < 4.78 is 121. The van der Waals surface area contributed by atoms with Gasteiger partial charge in [-0.3, -0.25) is 9.32 Å². The van der Waals surface area contributed by atoms with Crippen LogP contribution in [-0.2, 0) is 0 Å². The molecule has 1 heterocycles. The molecule has 4 aromatic rings. The van der Waals surface area contributed by atoms with Crippen LogP contribution >= 0.6 is 0 Å². The highest BCUT2D eigenvalue weighted by Gasteiger charge is 2.70. The van der Waals surface area contributed by atoms with E-state index in [1.54, 1.807) is 0 Å². The quantitative estimate of drug-likeness (QED) is 0.0789. The van der Waals surface area contributed by atoms with Gasteiger partial charge in [0, 0.05) is 0 Å². The van der Waals surface area contributed by atoms with Crippen LogP contribution in [0.1, 0.15) is 304 Å². The second-order valence-corrected chi connectivity index (χ2v) is 31.7. The molecule has 0 N–H and O–H groups in total. The minimum Gasteiger partial charge on any atom is -0.290 e. The van der Waals surface area contributed by atoms with Crippen molar-refractivity contribution in [1.29, 1.82) is 0 Å². The van der Waals surface area contributed by atoms with Crippen LogP contribution in [0.15, 0.2) is 57.8 Å². The Morgan fingerprint density at radius 1 is 0.270 bits per heavy atom. The van der Waals surface area contributed by atoms with E-state index >= 15 is 26.3 Å². The third-order valence-corrected chi connectivity index (χ3v) is 24.7. The van der Waals surface area contributed by atoms with Crippen molar-refractivity contribution in [3.63, 3.8) is 0 Å². The van der Waals surface area contributed by atoms with Gasteiger partial charge in [0.2, 0.25) is 8.07 Å². The first-order valence-corrected chi connectivity index (χ1v) is 31.9. The average Bonchev–Trinajstić information content (AvgIpc) is 3.28. The van der Waals surface area contributed by atoms with Crippen LogP contribution in [-0.4, -0.2) is 39.5 Å². The molecule has 1 aliphatic rings. The van der Waals surface area contributed by atoms with Gasteiger partial charge in [0.15, 0.2) is 0 Å². The number of nitrogens with zero attached hydrogens (tertiary/aromatic N) is 2. The van der Waals surface area contributed by atoms with Crippen LogP contribution in [0.4, 0.5) is 26.3 Å². The minimum atomic E-state index is -5.82. The predicted octanol–water partition coefficient (Wildman–Crippen LogP) is 18.1. The molecule has 10 heteroatoms. The second kappa shape index (κ2) is 22.3. The SMILES string of the molecule is CC(C)c1cc(C(C)C)c([Si]2(c3c(C(C)C)cc(C(C)C)cc3C(C)C)N=C(C(F)(F)F)[Si](c3c(C(C)C)cc(C(C)C)cc3C(C)C)(c3c(C(C)C)cc(C(C)C)cc3C(C)C)C(C(F)(F)F)=N2)c(C(C)C)c1. The Morgan fingerprint density at radius 2 is 0.432 bits per heavy atom. The molecule has 0 radical (unpaired) electrons. The molecule has 4 aromatic carbocycles. The lowest BCUT2D eigenvalue weighted by molar-refractivity contribution is -0.0582. The van der Waals surface area contributed by atoms with Gasteiger partial charge in [0.1, 0.15) is 10.7 Å². The topological polar surface area (TPSA) is 24.7 Å². The van der Waals surface area contributed by atoms with E-state index in [0.717, 1.165) is 22.3 Å². The highest BCUT2D eigenvalue weighted by atomic mass is 28.4. The van der Waals surface area contributed by atoms with Gasteiger partial charge in [-0.25, -0.2) is 0 Å². The Balaban J connectivity index is 2.51. The van der Waals surface area contributed by atoms with Gasteiger partial charge in [-0.2, -0.15) is 26.3 Å². The van der Waals surface area contributed by atoms with Crippen LogP contribution in [0, 0.1) is 0 Å². The van der Waals surface area contributed by atoms with Crippen LogP contribution in [0.2, 0.25) is 0 Å². The molecule has 0 bridgehead atoms. The van der Waals surface area contributed by atoms with Crippen LogP contribution in [0.5, 0.6) is 0 Å². The number of benzene rings is 4. The Kier molecular flexibility index (Phi) is 18.4. The molecule has 1 aliphatic heterocycles. The molecule has 0 unspecified atom stereocenters. The lowest BCUT2D eigenvalue weighted by Crippen LogP contribution is -2.82. The van der Waals surface area contributed by atoms with Crippen molar-refractivity contribution in [2.45, 2.75) is 250 Å². The molecular weight excluding hydrogens is 967 g/mol. The van der Waals surface area contributed by atoms with E-state index in [9.17, 15) is 0 Å². The Morgan fingerprint density at radius 3 is 0.568 bits per heavy atom. The van der Waals surface area contributed by atoms with Crippen molar-refractivity contribution in [2.24, 2.45) is 9.32 Å². The van der Waals surface area contributed by atoms with Gasteiger partial charge in [-0.05, 0) is 159 Å². The molecule has 0 aliphatic carbocycles. The van der Waals surface area contributed by atoms with Gasteiger partial charge in [-0.1, -0.05) is 215 Å². The van der Waals surface area contributed by atoms with Crippen LogP contribution < -0.4 is 20.7 Å². The van der Waals surface area contributed by atoms with E-state index < -0.39 is 63.2 Å². The van der Waals surface area contributed by atoms with E-state index in [0.29, 0.717) is 54.9 Å². The van der Waals surface area contributed by atoms with Crippen molar-refractivity contribution in [2.75, 3.05) is 0 Å². The molecule has 74 heavy (non-hydrogen) atoms. The fourth-order valence-electron chi connectivity index (χ4n) is 11.6. The smallest absolute Gasteiger partial charge is 0.290 e. The fourth-order valence-corrected chi connectivity index (χ4v) is 24.1. The predicted molar refractivity (Wildman–Crippen MR) is 312 cm³/mol. The van der Waals surface area contributed by atoms with Crippen molar-refractivity contribution >= 4 is 47.9 Å². The van der Waals surface area contributed by atoms with E-state index in [-0.39, 0.29) is 57.7 Å².